The van der Waals surface area contributed by atoms with Gasteiger partial charge in [0, 0.05) is 18.6 Å². The smallest absolute Gasteiger partial charge is 0.417 e. The Morgan fingerprint density at radius 1 is 0.959 bits per heavy atom. The molecule has 49 heavy (non-hydrogen) atoms. The summed E-state index contributed by atoms with van der Waals surface area (Å²) in [7, 11) is 0. The highest BCUT2D eigenvalue weighted by molar-refractivity contribution is 6.12. The third-order valence-electron chi connectivity index (χ3n) is 8.72. The molecule has 4 aromatic rings. The molecule has 1 aliphatic heterocycles. The van der Waals surface area contributed by atoms with Crippen LogP contribution in [-0.2, 0) is 38.5 Å². The average Bonchev–Trinajstić information content (AvgIpc) is 3.72. The van der Waals surface area contributed by atoms with Crippen LogP contribution in [0.25, 0.3) is 11.1 Å². The van der Waals surface area contributed by atoms with Gasteiger partial charge >= 0.3 is 6.09 Å². The largest absolute Gasteiger partial charge is 0.457 e. The molecule has 1 aromatic heterocycles. The van der Waals surface area contributed by atoms with Gasteiger partial charge in [0.1, 0.15) is 24.4 Å². The molecule has 0 aliphatic carbocycles. The van der Waals surface area contributed by atoms with E-state index in [1.54, 1.807) is 6.07 Å². The number of ketones is 1. The summed E-state index contributed by atoms with van der Waals surface area (Å²) in [6.45, 7) is 6.75. The Balaban J connectivity index is 1.33. The Morgan fingerprint density at radius 2 is 1.67 bits per heavy atom. The SMILES string of the molecule is Cc1cccc(-c2cc(C(=O)[C@@H](Cc3ccccc3)C(=O)N3C(=O)OC[C@@H]3C(C)C)oc2CCCOC[C@@H](CO)OCc2ccccc2)c1. The zero-order chi connectivity index (χ0) is 34.8. The van der Waals surface area contributed by atoms with E-state index in [-0.39, 0.29) is 37.9 Å². The Bertz CT molecular complexity index is 1680. The van der Waals surface area contributed by atoms with Crippen LogP contribution in [0.5, 0.6) is 0 Å². The molecular weight excluding hydrogens is 622 g/mol. The minimum absolute atomic E-state index is 0.0451. The number of carbonyl (C=O) groups is 3. The molecule has 0 unspecified atom stereocenters. The molecule has 1 saturated heterocycles. The summed E-state index contributed by atoms with van der Waals surface area (Å²) in [5.74, 6) is -1.65. The van der Waals surface area contributed by atoms with Crippen molar-refractivity contribution in [3.63, 3.8) is 0 Å². The van der Waals surface area contributed by atoms with E-state index in [1.807, 2.05) is 106 Å². The van der Waals surface area contributed by atoms with Gasteiger partial charge in [0.25, 0.3) is 0 Å². The van der Waals surface area contributed by atoms with E-state index in [1.165, 1.54) is 0 Å². The van der Waals surface area contributed by atoms with Gasteiger partial charge in [-0.1, -0.05) is 104 Å². The van der Waals surface area contributed by atoms with Crippen LogP contribution in [0.1, 0.15) is 53.3 Å². The summed E-state index contributed by atoms with van der Waals surface area (Å²) in [6.07, 6.45) is -0.0353. The first-order valence-corrected chi connectivity index (χ1v) is 16.9. The number of aryl methyl sites for hydroxylation is 2. The number of furan rings is 1. The van der Waals surface area contributed by atoms with Crippen molar-refractivity contribution in [2.45, 2.75) is 58.8 Å². The Kier molecular flexibility index (Phi) is 12.5. The number of carbonyl (C=O) groups excluding carboxylic acids is 3. The molecular formula is C40H45NO8. The second kappa shape index (κ2) is 17.2. The fourth-order valence-corrected chi connectivity index (χ4v) is 5.95. The highest BCUT2D eigenvalue weighted by atomic mass is 16.6. The van der Waals surface area contributed by atoms with Crippen LogP contribution in [-0.4, -0.2) is 66.4 Å². The molecule has 5 rings (SSSR count). The van der Waals surface area contributed by atoms with E-state index in [4.69, 9.17) is 18.6 Å². The van der Waals surface area contributed by atoms with Crippen LogP contribution in [0.15, 0.2) is 95.4 Å². The highest BCUT2D eigenvalue weighted by Crippen LogP contribution is 2.32. The first-order valence-electron chi connectivity index (χ1n) is 16.9. The molecule has 9 heteroatoms. The fourth-order valence-electron chi connectivity index (χ4n) is 5.95. The Labute approximate surface area is 287 Å². The predicted molar refractivity (Wildman–Crippen MR) is 185 cm³/mol. The molecule has 3 atom stereocenters. The van der Waals surface area contributed by atoms with Gasteiger partial charge in [0.15, 0.2) is 5.76 Å². The molecule has 258 valence electrons. The number of aliphatic hydroxyl groups is 1. The van der Waals surface area contributed by atoms with Gasteiger partial charge in [0.05, 0.1) is 25.9 Å². The van der Waals surface area contributed by atoms with Crippen LogP contribution >= 0.6 is 0 Å². The number of aliphatic hydroxyl groups excluding tert-OH is 1. The molecule has 9 nitrogen and oxygen atoms in total. The van der Waals surface area contributed by atoms with Crippen molar-refractivity contribution < 1.29 is 38.1 Å². The number of amides is 2. The fraction of sp³-hybridized carbons (Fsp3) is 0.375. The molecule has 0 radical (unpaired) electrons. The number of imide groups is 1. The highest BCUT2D eigenvalue weighted by Gasteiger charge is 2.45. The van der Waals surface area contributed by atoms with Gasteiger partial charge in [-0.2, -0.15) is 0 Å². The van der Waals surface area contributed by atoms with Crippen molar-refractivity contribution in [1.82, 2.24) is 4.90 Å². The topological polar surface area (TPSA) is 116 Å². The maximum absolute atomic E-state index is 14.3. The summed E-state index contributed by atoms with van der Waals surface area (Å²) in [6, 6.07) is 28.2. The normalized spacial score (nSPS) is 15.7. The molecule has 1 N–H and O–H groups in total. The number of ether oxygens (including phenoxy) is 3. The third-order valence-corrected chi connectivity index (χ3v) is 8.72. The maximum Gasteiger partial charge on any atom is 0.417 e. The summed E-state index contributed by atoms with van der Waals surface area (Å²) in [5.41, 5.74) is 4.51. The van der Waals surface area contributed by atoms with Crippen LogP contribution < -0.4 is 0 Å². The molecule has 0 spiro atoms. The second-order valence-electron chi connectivity index (χ2n) is 12.8. The summed E-state index contributed by atoms with van der Waals surface area (Å²) in [4.78, 5) is 42.2. The summed E-state index contributed by atoms with van der Waals surface area (Å²) < 4.78 is 23.2. The molecule has 1 fully saturated rings. The van der Waals surface area contributed by atoms with Crippen molar-refractivity contribution in [2.24, 2.45) is 11.8 Å². The van der Waals surface area contributed by atoms with Gasteiger partial charge in [-0.05, 0) is 48.4 Å². The third kappa shape index (κ3) is 9.32. The molecule has 1 aliphatic rings. The van der Waals surface area contributed by atoms with Crippen LogP contribution in [0.4, 0.5) is 4.79 Å². The average molecular weight is 668 g/mol. The van der Waals surface area contributed by atoms with E-state index >= 15 is 0 Å². The van der Waals surface area contributed by atoms with E-state index in [2.05, 4.69) is 0 Å². The van der Waals surface area contributed by atoms with Crippen molar-refractivity contribution in [1.29, 1.82) is 0 Å². The number of hydrogen-bond donors (Lipinski definition) is 1. The number of Topliss-reactive ketones (excluding diaryl/α,β-unsaturated/α-hetero) is 1. The lowest BCUT2D eigenvalue weighted by Gasteiger charge is -2.26. The first-order chi connectivity index (χ1) is 23.7. The minimum atomic E-state index is -1.19. The van der Waals surface area contributed by atoms with E-state index in [0.29, 0.717) is 31.8 Å². The quantitative estimate of drug-likeness (QED) is 0.0741. The summed E-state index contributed by atoms with van der Waals surface area (Å²) in [5, 5.41) is 9.78. The monoisotopic (exact) mass is 667 g/mol. The van der Waals surface area contributed by atoms with Gasteiger partial charge in [-0.15, -0.1) is 0 Å². The molecule has 2 heterocycles. The number of hydrogen-bond acceptors (Lipinski definition) is 8. The number of nitrogens with zero attached hydrogens (tertiary/aromatic N) is 1. The molecule has 0 saturated carbocycles. The first kappa shape index (κ1) is 35.7. The Hall–Kier alpha value is -4.57. The van der Waals surface area contributed by atoms with Crippen molar-refractivity contribution in [3.05, 3.63) is 119 Å². The van der Waals surface area contributed by atoms with Gasteiger partial charge in [-0.3, -0.25) is 9.59 Å². The molecule has 3 aromatic carbocycles. The zero-order valence-corrected chi connectivity index (χ0v) is 28.4. The van der Waals surface area contributed by atoms with Gasteiger partial charge < -0.3 is 23.7 Å². The van der Waals surface area contributed by atoms with Crippen LogP contribution in [0.3, 0.4) is 0 Å². The van der Waals surface area contributed by atoms with Crippen LogP contribution in [0, 0.1) is 18.8 Å². The number of rotatable bonds is 17. The van der Waals surface area contributed by atoms with Crippen molar-refractivity contribution >= 4 is 17.8 Å². The predicted octanol–water partition coefficient (Wildman–Crippen LogP) is 6.83. The van der Waals surface area contributed by atoms with Crippen molar-refractivity contribution in [3.8, 4) is 11.1 Å². The lowest BCUT2D eigenvalue weighted by Crippen LogP contribution is -2.47. The van der Waals surface area contributed by atoms with Gasteiger partial charge in [-0.25, -0.2) is 9.69 Å². The van der Waals surface area contributed by atoms with E-state index < -0.39 is 35.8 Å². The Morgan fingerprint density at radius 3 is 2.35 bits per heavy atom. The number of cyclic esters (lactones) is 1. The second-order valence-corrected chi connectivity index (χ2v) is 12.8. The summed E-state index contributed by atoms with van der Waals surface area (Å²) >= 11 is 0. The lowest BCUT2D eigenvalue weighted by molar-refractivity contribution is -0.132. The molecule has 2 amide bonds. The minimum Gasteiger partial charge on any atom is -0.457 e. The lowest BCUT2D eigenvalue weighted by atomic mass is 9.91. The van der Waals surface area contributed by atoms with E-state index in [9.17, 15) is 19.5 Å². The standard InChI is InChI=1S/C40H45NO8/c1-27(2)35-26-48-40(45)41(35)39(44)34(21-29-13-6-4-7-14-29)38(43)37-22-33(31-17-10-12-28(3)20-31)36(49-37)18-11-19-46-25-32(23-42)47-24-30-15-8-5-9-16-30/h4-10,12-17,20,22,27,32,34-35,42H,11,18-19,21,23-26H2,1-3H3/t32-,34-,35-/m1/s1. The molecule has 0 bridgehead atoms. The van der Waals surface area contributed by atoms with Crippen LogP contribution in [0.2, 0.25) is 0 Å². The maximum atomic E-state index is 14.3. The zero-order valence-electron chi connectivity index (χ0n) is 28.4. The van der Waals surface area contributed by atoms with E-state index in [0.717, 1.165) is 32.7 Å². The van der Waals surface area contributed by atoms with Gasteiger partial charge in [0.2, 0.25) is 11.7 Å². The van der Waals surface area contributed by atoms with Crippen molar-refractivity contribution in [2.75, 3.05) is 26.4 Å². The number of benzene rings is 3.